The van der Waals surface area contributed by atoms with Gasteiger partial charge < -0.3 is 16.4 Å². The van der Waals surface area contributed by atoms with Crippen LogP contribution in [0.4, 0.5) is 0 Å². The molecule has 2 aliphatic rings. The zero-order chi connectivity index (χ0) is 11.0. The molecule has 84 valence electrons. The Morgan fingerprint density at radius 1 is 1.20 bits per heavy atom. The molecule has 2 rings (SSSR count). The van der Waals surface area contributed by atoms with E-state index in [4.69, 9.17) is 11.5 Å². The highest BCUT2D eigenvalue weighted by Crippen LogP contribution is 2.29. The van der Waals surface area contributed by atoms with Crippen molar-refractivity contribution in [1.82, 2.24) is 4.90 Å². The summed E-state index contributed by atoms with van der Waals surface area (Å²) < 4.78 is 0. The minimum absolute atomic E-state index is 0.0159. The van der Waals surface area contributed by atoms with Gasteiger partial charge in [0, 0.05) is 18.5 Å². The Hall–Kier alpha value is -1.10. The zero-order valence-corrected chi connectivity index (χ0v) is 8.69. The maximum Gasteiger partial charge on any atom is 0.240 e. The normalized spacial score (nSPS) is 35.0. The quantitative estimate of drug-likeness (QED) is 0.626. The van der Waals surface area contributed by atoms with E-state index in [9.17, 15) is 9.59 Å². The van der Waals surface area contributed by atoms with Gasteiger partial charge in [-0.25, -0.2) is 0 Å². The molecule has 1 heterocycles. The van der Waals surface area contributed by atoms with Gasteiger partial charge in [-0.05, 0) is 25.7 Å². The minimum atomic E-state index is -0.392. The van der Waals surface area contributed by atoms with Crippen LogP contribution in [0.15, 0.2) is 0 Å². The van der Waals surface area contributed by atoms with Gasteiger partial charge in [-0.2, -0.15) is 0 Å². The second-order valence-corrected chi connectivity index (χ2v) is 4.51. The first-order valence-electron chi connectivity index (χ1n) is 5.45. The lowest BCUT2D eigenvalue weighted by Gasteiger charge is -2.40. The Balaban J connectivity index is 1.94. The standard InChI is InChI=1S/C10H17N3O2/c11-7-2-1-6(5-7)10(15)13-4-3-8(13)9(12)14/h6-8H,1-5,11H2,(H2,12,14). The molecule has 1 aliphatic carbocycles. The molecule has 1 aliphatic heterocycles. The number of nitrogens with zero attached hydrogens (tertiary/aromatic N) is 1. The number of carbonyl (C=O) groups excluding carboxylic acids is 2. The molecule has 0 radical (unpaired) electrons. The molecule has 2 fully saturated rings. The highest BCUT2D eigenvalue weighted by Gasteiger charge is 2.40. The molecule has 15 heavy (non-hydrogen) atoms. The topological polar surface area (TPSA) is 89.4 Å². The molecule has 4 N–H and O–H groups in total. The fourth-order valence-corrected chi connectivity index (χ4v) is 2.42. The van der Waals surface area contributed by atoms with Crippen molar-refractivity contribution >= 4 is 11.8 Å². The number of carbonyl (C=O) groups is 2. The summed E-state index contributed by atoms with van der Waals surface area (Å²) in [6, 6.07) is -0.221. The van der Waals surface area contributed by atoms with Crippen LogP contribution in [0.2, 0.25) is 0 Å². The van der Waals surface area contributed by atoms with E-state index in [1.807, 2.05) is 0 Å². The Morgan fingerprint density at radius 2 is 1.93 bits per heavy atom. The molecule has 5 nitrogen and oxygen atoms in total. The van der Waals surface area contributed by atoms with Crippen molar-refractivity contribution in [1.29, 1.82) is 0 Å². The van der Waals surface area contributed by atoms with E-state index >= 15 is 0 Å². The van der Waals surface area contributed by atoms with Gasteiger partial charge in [-0.3, -0.25) is 9.59 Å². The highest BCUT2D eigenvalue weighted by atomic mass is 16.2. The van der Waals surface area contributed by atoms with Gasteiger partial charge in [0.25, 0.3) is 0 Å². The molecule has 5 heteroatoms. The fraction of sp³-hybridized carbons (Fsp3) is 0.800. The predicted molar refractivity (Wildman–Crippen MR) is 54.6 cm³/mol. The van der Waals surface area contributed by atoms with Crippen LogP contribution in [-0.4, -0.2) is 35.3 Å². The Bertz CT molecular complexity index is 292. The van der Waals surface area contributed by atoms with Crippen molar-refractivity contribution in [3.63, 3.8) is 0 Å². The Kier molecular flexibility index (Phi) is 2.65. The van der Waals surface area contributed by atoms with Gasteiger partial charge in [0.05, 0.1) is 0 Å². The molecule has 1 saturated carbocycles. The van der Waals surface area contributed by atoms with Crippen LogP contribution in [0.3, 0.4) is 0 Å². The molecule has 2 amide bonds. The molecule has 0 aromatic carbocycles. The molecule has 0 spiro atoms. The maximum atomic E-state index is 12.0. The van der Waals surface area contributed by atoms with Crippen molar-refractivity contribution in [2.24, 2.45) is 17.4 Å². The van der Waals surface area contributed by atoms with E-state index < -0.39 is 5.91 Å². The number of hydrogen-bond acceptors (Lipinski definition) is 3. The van der Waals surface area contributed by atoms with Crippen molar-refractivity contribution < 1.29 is 9.59 Å². The van der Waals surface area contributed by atoms with E-state index in [1.165, 1.54) is 0 Å². The Morgan fingerprint density at radius 3 is 2.33 bits per heavy atom. The number of hydrogen-bond donors (Lipinski definition) is 2. The first kappa shape index (κ1) is 10.4. The number of likely N-dealkylation sites (tertiary alicyclic amines) is 1. The number of rotatable bonds is 2. The summed E-state index contributed by atoms with van der Waals surface area (Å²) in [5.74, 6) is -0.308. The molecule has 0 aromatic heterocycles. The third kappa shape index (κ3) is 1.84. The molecule has 0 aromatic rings. The van der Waals surface area contributed by atoms with E-state index in [0.29, 0.717) is 13.0 Å². The third-order valence-corrected chi connectivity index (χ3v) is 3.45. The van der Waals surface area contributed by atoms with Crippen molar-refractivity contribution in [3.05, 3.63) is 0 Å². The van der Waals surface area contributed by atoms with Crippen LogP contribution in [0.25, 0.3) is 0 Å². The van der Waals surface area contributed by atoms with Crippen molar-refractivity contribution in [2.45, 2.75) is 37.8 Å². The summed E-state index contributed by atoms with van der Waals surface area (Å²) >= 11 is 0. The van der Waals surface area contributed by atoms with Gasteiger partial charge in [-0.1, -0.05) is 0 Å². The van der Waals surface area contributed by atoms with Gasteiger partial charge in [0.1, 0.15) is 6.04 Å². The summed E-state index contributed by atoms with van der Waals surface area (Å²) in [7, 11) is 0. The van der Waals surface area contributed by atoms with E-state index in [0.717, 1.165) is 19.3 Å². The van der Waals surface area contributed by atoms with Gasteiger partial charge in [0.15, 0.2) is 0 Å². The maximum absolute atomic E-state index is 12.0. The van der Waals surface area contributed by atoms with Gasteiger partial charge in [-0.15, -0.1) is 0 Å². The molecular weight excluding hydrogens is 194 g/mol. The summed E-state index contributed by atoms with van der Waals surface area (Å²) in [5, 5.41) is 0. The van der Waals surface area contributed by atoms with Crippen LogP contribution in [-0.2, 0) is 9.59 Å². The number of nitrogens with two attached hydrogens (primary N) is 2. The summed E-state index contributed by atoms with van der Waals surface area (Å²) in [6.07, 6.45) is 3.22. The number of primary amides is 1. The average molecular weight is 211 g/mol. The van der Waals surface area contributed by atoms with Crippen molar-refractivity contribution in [2.75, 3.05) is 6.54 Å². The largest absolute Gasteiger partial charge is 0.368 e. The fourth-order valence-electron chi connectivity index (χ4n) is 2.42. The first-order chi connectivity index (χ1) is 7.09. The minimum Gasteiger partial charge on any atom is -0.368 e. The van der Waals surface area contributed by atoms with Crippen LogP contribution >= 0.6 is 0 Å². The second-order valence-electron chi connectivity index (χ2n) is 4.51. The Labute approximate surface area is 88.8 Å². The lowest BCUT2D eigenvalue weighted by atomic mass is 9.97. The summed E-state index contributed by atoms with van der Waals surface area (Å²) in [4.78, 5) is 24.5. The molecule has 3 atom stereocenters. The summed E-state index contributed by atoms with van der Waals surface area (Å²) in [5.41, 5.74) is 10.9. The zero-order valence-electron chi connectivity index (χ0n) is 8.69. The van der Waals surface area contributed by atoms with Crippen LogP contribution in [0.5, 0.6) is 0 Å². The SMILES string of the molecule is NC(=O)C1CCN1C(=O)C1CCC(N)C1. The molecule has 3 unspecified atom stereocenters. The molecule has 1 saturated heterocycles. The number of amides is 2. The lowest BCUT2D eigenvalue weighted by molar-refractivity contribution is -0.149. The third-order valence-electron chi connectivity index (χ3n) is 3.45. The van der Waals surface area contributed by atoms with Gasteiger partial charge in [0.2, 0.25) is 11.8 Å². The van der Waals surface area contributed by atoms with Crippen LogP contribution < -0.4 is 11.5 Å². The molecular formula is C10H17N3O2. The predicted octanol–water partition coefficient (Wildman–Crippen LogP) is -0.800. The van der Waals surface area contributed by atoms with Gasteiger partial charge >= 0.3 is 0 Å². The van der Waals surface area contributed by atoms with Crippen LogP contribution in [0, 0.1) is 5.92 Å². The van der Waals surface area contributed by atoms with Crippen LogP contribution in [0.1, 0.15) is 25.7 Å². The lowest BCUT2D eigenvalue weighted by Crippen LogP contribution is -2.58. The smallest absolute Gasteiger partial charge is 0.240 e. The highest BCUT2D eigenvalue weighted by molar-refractivity contribution is 5.89. The van der Waals surface area contributed by atoms with E-state index in [1.54, 1.807) is 4.90 Å². The second kappa shape index (κ2) is 3.81. The monoisotopic (exact) mass is 211 g/mol. The average Bonchev–Trinajstić information content (AvgIpc) is 2.48. The van der Waals surface area contributed by atoms with E-state index in [-0.39, 0.29) is 23.9 Å². The molecule has 0 bridgehead atoms. The summed E-state index contributed by atoms with van der Waals surface area (Å²) in [6.45, 7) is 0.665. The first-order valence-corrected chi connectivity index (χ1v) is 5.45. The van der Waals surface area contributed by atoms with E-state index in [2.05, 4.69) is 0 Å². The van der Waals surface area contributed by atoms with Crippen molar-refractivity contribution in [3.8, 4) is 0 Å².